The Labute approximate surface area is 454 Å². The summed E-state index contributed by atoms with van der Waals surface area (Å²) in [6.45, 7) is 17.9. The van der Waals surface area contributed by atoms with E-state index in [4.69, 9.17) is 11.6 Å². The molecule has 0 saturated carbocycles. The molecular formula is C55H65Br2ClF4N10O2. The molecule has 5 aromatic rings. The minimum absolute atomic E-state index is 0.188. The summed E-state index contributed by atoms with van der Waals surface area (Å²) >= 11 is 13.3. The molecule has 0 spiro atoms. The van der Waals surface area contributed by atoms with Crippen LogP contribution in [0.5, 0.6) is 0 Å². The van der Waals surface area contributed by atoms with Gasteiger partial charge in [-0.05, 0) is 163 Å². The molecule has 0 bridgehead atoms. The van der Waals surface area contributed by atoms with Crippen molar-refractivity contribution in [3.8, 4) is 0 Å². The van der Waals surface area contributed by atoms with Gasteiger partial charge in [0.15, 0.2) is 23.3 Å². The van der Waals surface area contributed by atoms with E-state index in [9.17, 15) is 27.2 Å². The molecule has 12 nitrogen and oxygen atoms in total. The second-order valence-corrected chi connectivity index (χ2v) is 21.5. The Morgan fingerprint density at radius 3 is 1.41 bits per heavy atom. The third-order valence-corrected chi connectivity index (χ3v) is 16.1. The first-order chi connectivity index (χ1) is 35.8. The normalized spacial score (nSPS) is 17.5. The van der Waals surface area contributed by atoms with Crippen molar-refractivity contribution in [1.82, 2.24) is 39.8 Å². The first kappa shape index (κ1) is 55.5. The van der Waals surface area contributed by atoms with Gasteiger partial charge in [-0.1, -0.05) is 35.9 Å². The van der Waals surface area contributed by atoms with E-state index in [1.807, 2.05) is 26.0 Å². The van der Waals surface area contributed by atoms with E-state index in [0.29, 0.717) is 47.4 Å². The molecule has 9 rings (SSSR count). The van der Waals surface area contributed by atoms with Crippen molar-refractivity contribution in [2.75, 3.05) is 101 Å². The van der Waals surface area contributed by atoms with E-state index < -0.39 is 23.3 Å². The minimum atomic E-state index is -0.917. The van der Waals surface area contributed by atoms with Gasteiger partial charge in [0.25, 0.3) is 11.8 Å². The monoisotopic (exact) mass is 1170 g/mol. The maximum atomic E-state index is 13.7. The molecule has 1 N–H and O–H groups in total. The molecule has 3 aromatic carbocycles. The zero-order chi connectivity index (χ0) is 52.3. The number of carbonyl (C=O) groups excluding carboxylic acids is 2. The number of rotatable bonds is 14. The average Bonchev–Trinajstić information content (AvgIpc) is 3.42. The van der Waals surface area contributed by atoms with Crippen molar-refractivity contribution >= 4 is 66.9 Å². The van der Waals surface area contributed by atoms with Crippen molar-refractivity contribution in [3.63, 3.8) is 0 Å². The van der Waals surface area contributed by atoms with Crippen LogP contribution in [-0.2, 0) is 19.6 Å². The van der Waals surface area contributed by atoms with Crippen molar-refractivity contribution in [2.24, 2.45) is 0 Å². The van der Waals surface area contributed by atoms with E-state index in [1.54, 1.807) is 34.3 Å². The highest BCUT2D eigenvalue weighted by Gasteiger charge is 2.30. The second-order valence-electron chi connectivity index (χ2n) is 19.4. The molecule has 0 radical (unpaired) electrons. The van der Waals surface area contributed by atoms with Crippen molar-refractivity contribution in [1.29, 1.82) is 0 Å². The van der Waals surface area contributed by atoms with Crippen LogP contribution in [0.15, 0.2) is 94.1 Å². The third kappa shape index (κ3) is 14.4. The van der Waals surface area contributed by atoms with Gasteiger partial charge in [0, 0.05) is 115 Å². The van der Waals surface area contributed by atoms with E-state index >= 15 is 0 Å². The molecule has 4 fully saturated rings. The SMILES string of the molecule is CCN(Cc1ccc(F)c(F)c1)C(=O)c1cnc(N2CCN(C3CCN(Cc4ccc(Cl)cc4)CC3)CC2)c(Br)c1.CCN(Cc1ccc(F)c(F)c1)C(=O)c1cnc(N2CCN(C3CCNCC3)CC2)c(Br)c1. The van der Waals surface area contributed by atoms with Gasteiger partial charge < -0.3 is 24.9 Å². The van der Waals surface area contributed by atoms with Gasteiger partial charge in [0.2, 0.25) is 0 Å². The van der Waals surface area contributed by atoms with Gasteiger partial charge >= 0.3 is 0 Å². The average molecular weight is 1170 g/mol. The summed E-state index contributed by atoms with van der Waals surface area (Å²) in [5.74, 6) is -2.34. The molecule has 2 aromatic heterocycles. The van der Waals surface area contributed by atoms with E-state index in [-0.39, 0.29) is 24.9 Å². The summed E-state index contributed by atoms with van der Waals surface area (Å²) in [4.78, 5) is 50.9. The number of likely N-dealkylation sites (tertiary alicyclic amines) is 1. The summed E-state index contributed by atoms with van der Waals surface area (Å²) in [6.07, 6.45) is 7.97. The van der Waals surface area contributed by atoms with Gasteiger partial charge in [-0.15, -0.1) is 0 Å². The predicted octanol–water partition coefficient (Wildman–Crippen LogP) is 9.88. The summed E-state index contributed by atoms with van der Waals surface area (Å²) in [7, 11) is 0. The van der Waals surface area contributed by atoms with Gasteiger partial charge in [0.1, 0.15) is 11.6 Å². The maximum Gasteiger partial charge on any atom is 0.255 e. The third-order valence-electron chi connectivity index (χ3n) is 14.6. The number of hydrogen-bond donors (Lipinski definition) is 1. The van der Waals surface area contributed by atoms with Crippen LogP contribution in [0.25, 0.3) is 0 Å². The Morgan fingerprint density at radius 1 is 0.581 bits per heavy atom. The number of halogens is 7. The topological polar surface area (TPSA) is 94.6 Å². The van der Waals surface area contributed by atoms with E-state index in [2.05, 4.69) is 83.8 Å². The molecule has 4 saturated heterocycles. The fourth-order valence-corrected chi connectivity index (χ4v) is 11.7. The molecule has 0 atom stereocenters. The summed E-state index contributed by atoms with van der Waals surface area (Å²) in [6, 6.07) is 20.4. The smallest absolute Gasteiger partial charge is 0.255 e. The predicted molar refractivity (Wildman–Crippen MR) is 291 cm³/mol. The molecule has 0 unspecified atom stereocenters. The van der Waals surface area contributed by atoms with Gasteiger partial charge in [-0.25, -0.2) is 27.5 Å². The second kappa shape index (κ2) is 26.4. The number of aromatic nitrogens is 2. The number of anilines is 2. The number of nitrogens with zero attached hydrogens (tertiary/aromatic N) is 9. The number of amides is 2. The molecular weight excluding hydrogens is 1100 g/mol. The quantitative estimate of drug-likeness (QED) is 0.108. The van der Waals surface area contributed by atoms with Gasteiger partial charge in [0.05, 0.1) is 20.1 Å². The van der Waals surface area contributed by atoms with E-state index in [1.165, 1.54) is 43.4 Å². The highest BCUT2D eigenvalue weighted by molar-refractivity contribution is 9.11. The first-order valence-electron chi connectivity index (χ1n) is 25.7. The molecule has 396 valence electrons. The van der Waals surface area contributed by atoms with Crippen molar-refractivity contribution in [3.05, 3.63) is 150 Å². The van der Waals surface area contributed by atoms with Crippen LogP contribution in [0.1, 0.15) is 76.9 Å². The fourth-order valence-electron chi connectivity index (χ4n) is 10.4. The Balaban J connectivity index is 0.000000202. The molecule has 2 amide bonds. The Kier molecular flexibility index (Phi) is 19.8. The maximum absolute atomic E-state index is 13.7. The highest BCUT2D eigenvalue weighted by Crippen LogP contribution is 2.30. The van der Waals surface area contributed by atoms with Crippen LogP contribution in [0, 0.1) is 23.3 Å². The lowest BCUT2D eigenvalue weighted by Crippen LogP contribution is -2.53. The lowest BCUT2D eigenvalue weighted by molar-refractivity contribution is 0.0744. The van der Waals surface area contributed by atoms with Crippen LogP contribution < -0.4 is 15.1 Å². The summed E-state index contributed by atoms with van der Waals surface area (Å²) < 4.78 is 55.3. The minimum Gasteiger partial charge on any atom is -0.353 e. The molecule has 6 heterocycles. The number of pyridine rings is 2. The van der Waals surface area contributed by atoms with Gasteiger partial charge in [-0.3, -0.25) is 24.3 Å². The summed E-state index contributed by atoms with van der Waals surface area (Å²) in [5.41, 5.74) is 3.29. The molecule has 4 aliphatic heterocycles. The largest absolute Gasteiger partial charge is 0.353 e. The lowest BCUT2D eigenvalue weighted by Gasteiger charge is -2.43. The number of benzene rings is 3. The first-order valence-corrected chi connectivity index (χ1v) is 27.7. The lowest BCUT2D eigenvalue weighted by atomic mass is 10.0. The highest BCUT2D eigenvalue weighted by atomic mass is 79.9. The number of nitrogens with one attached hydrogen (secondary N) is 1. The number of piperidine rings is 2. The molecule has 19 heteroatoms. The number of carbonyl (C=O) groups is 2. The number of hydrogen-bond acceptors (Lipinski definition) is 10. The fraction of sp³-hybridized carbons (Fsp3) is 0.455. The molecule has 0 aliphatic carbocycles. The zero-order valence-corrected chi connectivity index (χ0v) is 46.0. The Morgan fingerprint density at radius 2 is 1.00 bits per heavy atom. The standard InChI is InChI=1S/C31H35BrClF2N5O.C24H30BrF2N5O/c1-2-38(21-23-5-8-28(34)29(35)17-23)31(41)24-18-27(32)30(36-19-24)40-15-13-39(14-16-40)26-9-11-37(12-10-26)20-22-3-6-25(33)7-4-22;1-2-30(16-17-3-4-21(26)22(27)13-17)24(33)18-14-20(25)23(29-15-18)32-11-9-31(10-12-32)19-5-7-28-8-6-19/h3-8,17-19,26H,2,9-16,20-21H2,1H3;3-4,13-15,19,28H,2,5-12,16H2,1H3. The van der Waals surface area contributed by atoms with Gasteiger partial charge in [-0.2, -0.15) is 0 Å². The zero-order valence-electron chi connectivity index (χ0n) is 42.1. The Hall–Kier alpha value is -4.69. The van der Waals surface area contributed by atoms with Crippen molar-refractivity contribution in [2.45, 2.75) is 71.2 Å². The van der Waals surface area contributed by atoms with Crippen molar-refractivity contribution < 1.29 is 27.2 Å². The molecule has 4 aliphatic rings. The van der Waals surface area contributed by atoms with Crippen LogP contribution in [0.2, 0.25) is 5.02 Å². The Bertz CT molecular complexity index is 2680. The summed E-state index contributed by atoms with van der Waals surface area (Å²) in [5, 5.41) is 4.20. The van der Waals surface area contributed by atoms with Crippen LogP contribution in [0.4, 0.5) is 29.2 Å². The number of piperazine rings is 2. The van der Waals surface area contributed by atoms with Crippen LogP contribution in [0.3, 0.4) is 0 Å². The molecule has 74 heavy (non-hydrogen) atoms. The van der Waals surface area contributed by atoms with E-state index in [0.717, 1.165) is 135 Å². The van der Waals surface area contributed by atoms with Crippen LogP contribution in [-0.4, -0.2) is 150 Å². The van der Waals surface area contributed by atoms with Crippen LogP contribution >= 0.6 is 43.5 Å².